The summed E-state index contributed by atoms with van der Waals surface area (Å²) in [6, 6.07) is 10.3. The first-order chi connectivity index (χ1) is 9.81. The summed E-state index contributed by atoms with van der Waals surface area (Å²) >= 11 is 0. The second-order valence-corrected chi connectivity index (χ2v) is 5.27. The summed E-state index contributed by atoms with van der Waals surface area (Å²) in [4.78, 5) is 16.0. The summed E-state index contributed by atoms with van der Waals surface area (Å²) in [5.74, 6) is 0.0619. The first kappa shape index (κ1) is 12.9. The fraction of sp³-hybridized carbons (Fsp3) is 0.294. The number of nitrogens with one attached hydrogen (secondary N) is 1. The highest BCUT2D eigenvalue weighted by atomic mass is 16.1. The highest BCUT2D eigenvalue weighted by Gasteiger charge is 2.12. The molecular weight excluding hydrogens is 248 g/mol. The molecule has 0 spiro atoms. The second kappa shape index (κ2) is 5.87. The van der Waals surface area contributed by atoms with E-state index in [2.05, 4.69) is 28.5 Å². The molecule has 1 N–H and O–H groups in total. The average molecular weight is 266 g/mol. The number of aryl methyl sites for hydroxylation is 2. The number of nitrogens with zero attached hydrogens (tertiary/aromatic N) is 1. The van der Waals surface area contributed by atoms with Crippen molar-refractivity contribution in [2.45, 2.75) is 32.2 Å². The van der Waals surface area contributed by atoms with Gasteiger partial charge in [-0.25, -0.2) is 0 Å². The van der Waals surface area contributed by atoms with Crippen molar-refractivity contribution in [2.75, 3.05) is 0 Å². The van der Waals surface area contributed by atoms with Crippen LogP contribution in [0.1, 0.15) is 28.7 Å². The van der Waals surface area contributed by atoms with E-state index in [-0.39, 0.29) is 5.91 Å². The molecule has 3 heteroatoms. The molecule has 3 nitrogen and oxygen atoms in total. The van der Waals surface area contributed by atoms with Gasteiger partial charge in [0.25, 0.3) is 0 Å². The van der Waals surface area contributed by atoms with Crippen LogP contribution in [-0.2, 0) is 30.6 Å². The van der Waals surface area contributed by atoms with Crippen LogP contribution in [0.25, 0.3) is 0 Å². The molecule has 0 radical (unpaired) electrons. The maximum atomic E-state index is 12.0. The Labute approximate surface area is 119 Å². The van der Waals surface area contributed by atoms with Gasteiger partial charge in [0.1, 0.15) is 0 Å². The van der Waals surface area contributed by atoms with Gasteiger partial charge in [-0.2, -0.15) is 0 Å². The molecule has 0 fully saturated rings. The highest BCUT2D eigenvalue weighted by Crippen LogP contribution is 2.22. The first-order valence-electron chi connectivity index (χ1n) is 7.07. The number of pyridine rings is 1. The van der Waals surface area contributed by atoms with Crippen LogP contribution < -0.4 is 5.32 Å². The Bertz CT molecular complexity index is 608. The zero-order chi connectivity index (χ0) is 13.8. The summed E-state index contributed by atoms with van der Waals surface area (Å²) in [5.41, 5.74) is 5.00. The zero-order valence-corrected chi connectivity index (χ0v) is 11.4. The Hall–Kier alpha value is -2.16. The normalized spacial score (nSPS) is 13.0. The van der Waals surface area contributed by atoms with Crippen LogP contribution >= 0.6 is 0 Å². The van der Waals surface area contributed by atoms with E-state index in [4.69, 9.17) is 0 Å². The monoisotopic (exact) mass is 266 g/mol. The molecule has 3 rings (SSSR count). The molecule has 1 aromatic heterocycles. The molecule has 0 unspecified atom stereocenters. The van der Waals surface area contributed by atoms with Gasteiger partial charge >= 0.3 is 0 Å². The maximum absolute atomic E-state index is 12.0. The van der Waals surface area contributed by atoms with E-state index in [9.17, 15) is 4.79 Å². The number of amides is 1. The number of carbonyl (C=O) groups is 1. The predicted molar refractivity (Wildman–Crippen MR) is 78.3 cm³/mol. The summed E-state index contributed by atoms with van der Waals surface area (Å²) in [6.45, 7) is 0.539. The van der Waals surface area contributed by atoms with Crippen LogP contribution in [0, 0.1) is 0 Å². The van der Waals surface area contributed by atoms with E-state index in [0.29, 0.717) is 13.0 Å². The maximum Gasteiger partial charge on any atom is 0.224 e. The minimum absolute atomic E-state index is 0.0619. The Kier molecular flexibility index (Phi) is 3.77. The largest absolute Gasteiger partial charge is 0.352 e. The number of benzene rings is 1. The van der Waals surface area contributed by atoms with Crippen molar-refractivity contribution in [1.29, 1.82) is 0 Å². The predicted octanol–water partition coefficient (Wildman–Crippen LogP) is 2.43. The first-order valence-corrected chi connectivity index (χ1v) is 7.07. The lowest BCUT2D eigenvalue weighted by atomic mass is 10.0. The standard InChI is InChI=1S/C17H18N2O/c20-17(19-12-14-3-2-8-18-11-14)10-13-6-7-15-4-1-5-16(15)9-13/h2-3,6-9,11H,1,4-5,10,12H2,(H,19,20). The van der Waals surface area contributed by atoms with Crippen molar-refractivity contribution < 1.29 is 4.79 Å². The number of rotatable bonds is 4. The minimum Gasteiger partial charge on any atom is -0.352 e. The van der Waals surface area contributed by atoms with Crippen molar-refractivity contribution >= 4 is 5.91 Å². The second-order valence-electron chi connectivity index (χ2n) is 5.27. The molecule has 0 saturated heterocycles. The molecule has 1 aliphatic carbocycles. The van der Waals surface area contributed by atoms with Crippen molar-refractivity contribution in [3.05, 3.63) is 65.0 Å². The van der Waals surface area contributed by atoms with Gasteiger partial charge in [-0.1, -0.05) is 24.3 Å². The minimum atomic E-state index is 0.0619. The fourth-order valence-electron chi connectivity index (χ4n) is 2.69. The zero-order valence-electron chi connectivity index (χ0n) is 11.4. The summed E-state index contributed by atoms with van der Waals surface area (Å²) < 4.78 is 0. The molecule has 2 aromatic rings. The van der Waals surface area contributed by atoms with Gasteiger partial charge < -0.3 is 5.32 Å². The molecule has 0 bridgehead atoms. The lowest BCUT2D eigenvalue weighted by Gasteiger charge is -2.07. The van der Waals surface area contributed by atoms with Crippen LogP contribution in [0.3, 0.4) is 0 Å². The molecule has 1 aromatic carbocycles. The van der Waals surface area contributed by atoms with E-state index in [0.717, 1.165) is 17.5 Å². The third-order valence-electron chi connectivity index (χ3n) is 3.74. The Balaban J connectivity index is 1.56. The molecule has 1 amide bonds. The topological polar surface area (TPSA) is 42.0 Å². The lowest BCUT2D eigenvalue weighted by Crippen LogP contribution is -2.24. The van der Waals surface area contributed by atoms with Crippen LogP contribution in [0.15, 0.2) is 42.7 Å². The van der Waals surface area contributed by atoms with E-state index in [1.165, 1.54) is 24.0 Å². The third-order valence-corrected chi connectivity index (χ3v) is 3.74. The summed E-state index contributed by atoms with van der Waals surface area (Å²) in [6.07, 6.45) is 7.54. The van der Waals surface area contributed by atoms with E-state index >= 15 is 0 Å². The molecule has 1 heterocycles. The van der Waals surface area contributed by atoms with Crippen molar-refractivity contribution in [3.63, 3.8) is 0 Å². The van der Waals surface area contributed by atoms with Crippen molar-refractivity contribution in [1.82, 2.24) is 10.3 Å². The van der Waals surface area contributed by atoms with E-state index in [1.54, 1.807) is 12.4 Å². The average Bonchev–Trinajstić information content (AvgIpc) is 2.94. The SMILES string of the molecule is O=C(Cc1ccc2c(c1)CCC2)NCc1cccnc1. The molecule has 0 aliphatic heterocycles. The van der Waals surface area contributed by atoms with Gasteiger partial charge in [0.05, 0.1) is 6.42 Å². The van der Waals surface area contributed by atoms with Crippen molar-refractivity contribution in [2.24, 2.45) is 0 Å². The Morgan fingerprint density at radius 2 is 2.05 bits per heavy atom. The quantitative estimate of drug-likeness (QED) is 0.923. The van der Waals surface area contributed by atoms with Crippen molar-refractivity contribution in [3.8, 4) is 0 Å². The highest BCUT2D eigenvalue weighted by molar-refractivity contribution is 5.78. The summed E-state index contributed by atoms with van der Waals surface area (Å²) in [7, 11) is 0. The molecule has 1 aliphatic rings. The summed E-state index contributed by atoms with van der Waals surface area (Å²) in [5, 5.41) is 2.94. The smallest absolute Gasteiger partial charge is 0.224 e. The number of carbonyl (C=O) groups excluding carboxylic acids is 1. The lowest BCUT2D eigenvalue weighted by molar-refractivity contribution is -0.120. The van der Waals surface area contributed by atoms with Gasteiger partial charge in [-0.3, -0.25) is 9.78 Å². The number of aromatic nitrogens is 1. The number of hydrogen-bond donors (Lipinski definition) is 1. The van der Waals surface area contributed by atoms with Gasteiger partial charge in [-0.15, -0.1) is 0 Å². The number of hydrogen-bond acceptors (Lipinski definition) is 2. The molecule has 0 saturated carbocycles. The van der Waals surface area contributed by atoms with Crippen LogP contribution in [0.4, 0.5) is 0 Å². The fourth-order valence-corrected chi connectivity index (χ4v) is 2.69. The van der Waals surface area contributed by atoms with Gasteiger partial charge in [-0.05, 0) is 47.6 Å². The molecule has 102 valence electrons. The van der Waals surface area contributed by atoms with Crippen LogP contribution in [-0.4, -0.2) is 10.9 Å². The van der Waals surface area contributed by atoms with Crippen LogP contribution in [0.5, 0.6) is 0 Å². The third kappa shape index (κ3) is 3.05. The Morgan fingerprint density at radius 1 is 1.15 bits per heavy atom. The molecular formula is C17H18N2O. The van der Waals surface area contributed by atoms with E-state index < -0.39 is 0 Å². The van der Waals surface area contributed by atoms with E-state index in [1.807, 2.05) is 12.1 Å². The van der Waals surface area contributed by atoms with Crippen LogP contribution in [0.2, 0.25) is 0 Å². The Morgan fingerprint density at radius 3 is 2.90 bits per heavy atom. The van der Waals surface area contributed by atoms with Gasteiger partial charge in [0.2, 0.25) is 5.91 Å². The molecule has 0 atom stereocenters. The van der Waals surface area contributed by atoms with Gasteiger partial charge in [0.15, 0.2) is 0 Å². The number of fused-ring (bicyclic) bond motifs is 1. The van der Waals surface area contributed by atoms with Gasteiger partial charge in [0, 0.05) is 18.9 Å². The molecule has 20 heavy (non-hydrogen) atoms.